The van der Waals surface area contributed by atoms with Crippen LogP contribution in [0.2, 0.25) is 0 Å². The Morgan fingerprint density at radius 2 is 1.77 bits per heavy atom. The molecule has 2 heteroatoms. The van der Waals surface area contributed by atoms with Gasteiger partial charge in [0.2, 0.25) is 5.91 Å². The Hall–Kier alpha value is -1.31. The van der Waals surface area contributed by atoms with E-state index in [1.165, 1.54) is 11.1 Å². The molecule has 0 aliphatic heterocycles. The lowest BCUT2D eigenvalue weighted by Crippen LogP contribution is -2.09. The third-order valence-electron chi connectivity index (χ3n) is 1.83. The van der Waals surface area contributed by atoms with Crippen LogP contribution in [0.15, 0.2) is 18.2 Å². The van der Waals surface area contributed by atoms with Gasteiger partial charge >= 0.3 is 0 Å². The van der Waals surface area contributed by atoms with E-state index in [1.54, 1.807) is 0 Å². The average molecular weight is 177 g/mol. The Morgan fingerprint density at radius 1 is 1.23 bits per heavy atom. The summed E-state index contributed by atoms with van der Waals surface area (Å²) in [5, 5.41) is 2.83. The quantitative estimate of drug-likeness (QED) is 0.739. The second-order valence-corrected chi connectivity index (χ2v) is 3.28. The van der Waals surface area contributed by atoms with Crippen molar-refractivity contribution < 1.29 is 4.79 Å². The van der Waals surface area contributed by atoms with Gasteiger partial charge in [-0.25, -0.2) is 0 Å². The fraction of sp³-hybridized carbons (Fsp3) is 0.364. The van der Waals surface area contributed by atoms with Gasteiger partial charge in [0.15, 0.2) is 0 Å². The number of carbonyl (C=O) groups excluding carboxylic acids is 1. The number of anilines is 1. The van der Waals surface area contributed by atoms with Crippen LogP contribution in [0, 0.1) is 13.8 Å². The lowest BCUT2D eigenvalue weighted by atomic mass is 10.1. The molecule has 2 nitrogen and oxygen atoms in total. The van der Waals surface area contributed by atoms with Gasteiger partial charge in [0.05, 0.1) is 0 Å². The van der Waals surface area contributed by atoms with Crippen LogP contribution in [-0.2, 0) is 4.79 Å². The molecule has 0 saturated carbocycles. The summed E-state index contributed by atoms with van der Waals surface area (Å²) >= 11 is 0. The minimum atomic E-state index is 0.0602. The zero-order valence-corrected chi connectivity index (χ0v) is 8.35. The number of carbonyl (C=O) groups is 1. The first-order chi connectivity index (χ1) is 6.11. The summed E-state index contributed by atoms with van der Waals surface area (Å²) in [6, 6.07) is 6.03. The average Bonchev–Trinajstić information content (AvgIpc) is 2.02. The van der Waals surface area contributed by atoms with Crippen molar-refractivity contribution in [3.8, 4) is 0 Å². The van der Waals surface area contributed by atoms with Gasteiger partial charge in [-0.05, 0) is 37.1 Å². The van der Waals surface area contributed by atoms with Crippen molar-refractivity contribution in [2.45, 2.75) is 27.2 Å². The number of benzene rings is 1. The second kappa shape index (κ2) is 4.08. The van der Waals surface area contributed by atoms with E-state index >= 15 is 0 Å². The summed E-state index contributed by atoms with van der Waals surface area (Å²) < 4.78 is 0. The van der Waals surface area contributed by atoms with Gasteiger partial charge in [-0.15, -0.1) is 0 Å². The molecule has 0 spiro atoms. The van der Waals surface area contributed by atoms with E-state index in [4.69, 9.17) is 0 Å². The molecule has 1 aromatic rings. The molecule has 70 valence electrons. The monoisotopic (exact) mass is 177 g/mol. The summed E-state index contributed by atoms with van der Waals surface area (Å²) in [5.41, 5.74) is 3.24. The predicted octanol–water partition coefficient (Wildman–Crippen LogP) is 2.65. The molecule has 0 aliphatic rings. The van der Waals surface area contributed by atoms with Crippen LogP contribution >= 0.6 is 0 Å². The highest BCUT2D eigenvalue weighted by Gasteiger charge is 1.99. The zero-order chi connectivity index (χ0) is 9.84. The lowest BCUT2D eigenvalue weighted by Gasteiger charge is -2.05. The molecule has 0 aliphatic carbocycles. The fourth-order valence-electron chi connectivity index (χ4n) is 1.30. The van der Waals surface area contributed by atoms with E-state index in [2.05, 4.69) is 11.4 Å². The van der Waals surface area contributed by atoms with E-state index < -0.39 is 0 Å². The van der Waals surface area contributed by atoms with E-state index in [-0.39, 0.29) is 5.91 Å². The summed E-state index contributed by atoms with van der Waals surface area (Å²) in [6.07, 6.45) is 0.521. The van der Waals surface area contributed by atoms with Crippen LogP contribution in [-0.4, -0.2) is 5.91 Å². The van der Waals surface area contributed by atoms with E-state index in [0.29, 0.717) is 6.42 Å². The molecule has 0 bridgehead atoms. The lowest BCUT2D eigenvalue weighted by molar-refractivity contribution is -0.115. The summed E-state index contributed by atoms with van der Waals surface area (Å²) in [4.78, 5) is 11.1. The molecule has 0 saturated heterocycles. The third kappa shape index (κ3) is 2.90. The molecule has 0 fully saturated rings. The number of aryl methyl sites for hydroxylation is 2. The Kier molecular flexibility index (Phi) is 3.07. The molecule has 0 aromatic heterocycles. The highest BCUT2D eigenvalue weighted by molar-refractivity contribution is 5.90. The van der Waals surface area contributed by atoms with Crippen LogP contribution in [0.1, 0.15) is 24.5 Å². The van der Waals surface area contributed by atoms with Crippen molar-refractivity contribution in [1.29, 1.82) is 0 Å². The largest absolute Gasteiger partial charge is 0.326 e. The normalized spacial score (nSPS) is 9.77. The molecule has 0 atom stereocenters. The molecular formula is C11H15NO. The summed E-state index contributed by atoms with van der Waals surface area (Å²) in [6.45, 7) is 5.89. The van der Waals surface area contributed by atoms with Crippen LogP contribution in [0.4, 0.5) is 5.69 Å². The molecule has 1 rings (SSSR count). The van der Waals surface area contributed by atoms with Crippen molar-refractivity contribution in [2.75, 3.05) is 5.32 Å². The highest BCUT2D eigenvalue weighted by atomic mass is 16.1. The molecule has 0 heterocycles. The first-order valence-corrected chi connectivity index (χ1v) is 4.50. The van der Waals surface area contributed by atoms with Gasteiger partial charge in [-0.3, -0.25) is 4.79 Å². The summed E-state index contributed by atoms with van der Waals surface area (Å²) in [7, 11) is 0. The van der Waals surface area contributed by atoms with Gasteiger partial charge in [0.1, 0.15) is 0 Å². The van der Waals surface area contributed by atoms with Crippen molar-refractivity contribution in [1.82, 2.24) is 0 Å². The standard InChI is InChI=1S/C11H15NO/c1-4-11(13)12-10-6-8(2)5-9(3)7-10/h5-7H,4H2,1-3H3,(H,12,13). The Labute approximate surface area is 79.0 Å². The minimum Gasteiger partial charge on any atom is -0.326 e. The van der Waals surface area contributed by atoms with Crippen LogP contribution in [0.25, 0.3) is 0 Å². The zero-order valence-electron chi connectivity index (χ0n) is 8.35. The Bertz CT molecular complexity index is 298. The van der Waals surface area contributed by atoms with Gasteiger partial charge in [-0.1, -0.05) is 13.0 Å². The van der Waals surface area contributed by atoms with Gasteiger partial charge < -0.3 is 5.32 Å². The molecule has 0 radical (unpaired) electrons. The highest BCUT2D eigenvalue weighted by Crippen LogP contribution is 2.13. The molecule has 1 N–H and O–H groups in total. The van der Waals surface area contributed by atoms with Crippen LogP contribution in [0.5, 0.6) is 0 Å². The van der Waals surface area contributed by atoms with Gasteiger partial charge in [0, 0.05) is 12.1 Å². The van der Waals surface area contributed by atoms with E-state index in [0.717, 1.165) is 5.69 Å². The smallest absolute Gasteiger partial charge is 0.224 e. The maximum Gasteiger partial charge on any atom is 0.224 e. The SMILES string of the molecule is CCC(=O)Nc1cc(C)cc(C)c1. The van der Waals surface area contributed by atoms with Crippen molar-refractivity contribution >= 4 is 11.6 Å². The molecule has 13 heavy (non-hydrogen) atoms. The number of rotatable bonds is 2. The maximum atomic E-state index is 11.1. The molecule has 1 aromatic carbocycles. The third-order valence-corrected chi connectivity index (χ3v) is 1.83. The van der Waals surface area contributed by atoms with Crippen LogP contribution in [0.3, 0.4) is 0 Å². The number of nitrogens with one attached hydrogen (secondary N) is 1. The fourth-order valence-corrected chi connectivity index (χ4v) is 1.30. The maximum absolute atomic E-state index is 11.1. The summed E-state index contributed by atoms with van der Waals surface area (Å²) in [5.74, 6) is 0.0602. The van der Waals surface area contributed by atoms with Crippen molar-refractivity contribution in [2.24, 2.45) is 0 Å². The van der Waals surface area contributed by atoms with Crippen LogP contribution < -0.4 is 5.32 Å². The second-order valence-electron chi connectivity index (χ2n) is 3.28. The van der Waals surface area contributed by atoms with Gasteiger partial charge in [0.25, 0.3) is 0 Å². The van der Waals surface area contributed by atoms with E-state index in [9.17, 15) is 4.79 Å². The Morgan fingerprint density at radius 3 is 2.23 bits per heavy atom. The molecule has 1 amide bonds. The van der Waals surface area contributed by atoms with Gasteiger partial charge in [-0.2, -0.15) is 0 Å². The number of hydrogen-bond acceptors (Lipinski definition) is 1. The number of hydrogen-bond donors (Lipinski definition) is 1. The topological polar surface area (TPSA) is 29.1 Å². The first-order valence-electron chi connectivity index (χ1n) is 4.50. The van der Waals surface area contributed by atoms with Crippen molar-refractivity contribution in [3.05, 3.63) is 29.3 Å². The Balaban J connectivity index is 2.83. The van der Waals surface area contributed by atoms with Crippen molar-refractivity contribution in [3.63, 3.8) is 0 Å². The predicted molar refractivity (Wildman–Crippen MR) is 54.8 cm³/mol. The molecule has 0 unspecified atom stereocenters. The minimum absolute atomic E-state index is 0.0602. The number of amides is 1. The van der Waals surface area contributed by atoms with E-state index in [1.807, 2.05) is 32.9 Å². The first kappa shape index (κ1) is 9.78. The molecular weight excluding hydrogens is 162 g/mol.